The summed E-state index contributed by atoms with van der Waals surface area (Å²) in [4.78, 5) is 13.3. The van der Waals surface area contributed by atoms with Gasteiger partial charge in [-0.05, 0) is 23.8 Å². The molecule has 0 aromatic rings. The first-order chi connectivity index (χ1) is 13.1. The van der Waals surface area contributed by atoms with Crippen LogP contribution < -0.4 is 0 Å². The van der Waals surface area contributed by atoms with Gasteiger partial charge in [-0.15, -0.1) is 0 Å². The van der Waals surface area contributed by atoms with Crippen molar-refractivity contribution in [3.63, 3.8) is 0 Å². The minimum Gasteiger partial charge on any atom is -0.396 e. The lowest BCUT2D eigenvalue weighted by Crippen LogP contribution is -2.26. The van der Waals surface area contributed by atoms with E-state index in [4.69, 9.17) is 0 Å². The van der Waals surface area contributed by atoms with Crippen molar-refractivity contribution in [2.75, 3.05) is 32.2 Å². The number of nitrogens with zero attached hydrogens (tertiary/aromatic N) is 1. The Hall–Kier alpha value is -0.220. The molecule has 0 aliphatic rings. The van der Waals surface area contributed by atoms with E-state index >= 15 is 0 Å². The molecule has 0 bridgehead atoms. The summed E-state index contributed by atoms with van der Waals surface area (Å²) in [7, 11) is 3.55. The molecule has 1 N–H and O–H groups in total. The summed E-state index contributed by atoms with van der Waals surface area (Å²) in [5, 5.41) is 9.40. The van der Waals surface area contributed by atoms with Crippen molar-refractivity contribution in [2.24, 2.45) is 5.92 Å². The summed E-state index contributed by atoms with van der Waals surface area (Å²) in [5.41, 5.74) is 0. The molecule has 0 aromatic heterocycles. The number of carbonyl (C=O) groups excluding carboxylic acids is 1. The molecule has 4 heteroatoms. The van der Waals surface area contributed by atoms with E-state index in [2.05, 4.69) is 6.92 Å². The molecule has 0 rings (SSSR count). The summed E-state index contributed by atoms with van der Waals surface area (Å²) in [6, 6.07) is 0. The molecule has 1 unspecified atom stereocenters. The number of amides is 1. The number of hydrogen-bond donors (Lipinski definition) is 1. The average molecular weight is 402 g/mol. The second-order valence-electron chi connectivity index (χ2n) is 8.21. The molecule has 0 aromatic carbocycles. The quantitative estimate of drug-likeness (QED) is 0.244. The van der Waals surface area contributed by atoms with Crippen LogP contribution in [0.15, 0.2) is 0 Å². The Labute approximate surface area is 174 Å². The zero-order valence-electron chi connectivity index (χ0n) is 18.5. The number of carbonyl (C=O) groups is 1. The molecule has 0 aliphatic heterocycles. The van der Waals surface area contributed by atoms with E-state index in [0.717, 1.165) is 11.5 Å². The maximum absolute atomic E-state index is 11.7. The van der Waals surface area contributed by atoms with E-state index in [1.807, 2.05) is 11.8 Å². The maximum Gasteiger partial charge on any atom is 0.222 e. The smallest absolute Gasteiger partial charge is 0.222 e. The molecule has 0 saturated heterocycles. The molecule has 1 atom stereocenters. The fourth-order valence-corrected chi connectivity index (χ4v) is 4.39. The molecular weight excluding hydrogens is 354 g/mol. The van der Waals surface area contributed by atoms with Gasteiger partial charge in [-0.2, -0.15) is 11.8 Å². The summed E-state index contributed by atoms with van der Waals surface area (Å²) < 4.78 is 0. The van der Waals surface area contributed by atoms with E-state index in [-0.39, 0.29) is 18.4 Å². The highest BCUT2D eigenvalue weighted by Gasteiger charge is 2.14. The number of thioether (sulfide) groups is 1. The number of rotatable bonds is 20. The molecule has 0 aliphatic carbocycles. The highest BCUT2D eigenvalue weighted by molar-refractivity contribution is 7.99. The van der Waals surface area contributed by atoms with Crippen LogP contribution in [0.1, 0.15) is 103 Å². The number of aliphatic hydroxyl groups is 1. The van der Waals surface area contributed by atoms with Crippen LogP contribution in [0.2, 0.25) is 0 Å². The summed E-state index contributed by atoms with van der Waals surface area (Å²) in [6.45, 7) is 2.40. The van der Waals surface area contributed by atoms with Gasteiger partial charge in [0.2, 0.25) is 5.91 Å². The third-order valence-electron chi connectivity index (χ3n) is 5.22. The molecule has 0 radical (unpaired) electrons. The molecule has 27 heavy (non-hydrogen) atoms. The van der Waals surface area contributed by atoms with Gasteiger partial charge in [0.05, 0.1) is 0 Å². The van der Waals surface area contributed by atoms with E-state index < -0.39 is 0 Å². The van der Waals surface area contributed by atoms with Gasteiger partial charge in [-0.25, -0.2) is 0 Å². The zero-order valence-corrected chi connectivity index (χ0v) is 19.3. The molecule has 162 valence electrons. The van der Waals surface area contributed by atoms with Gasteiger partial charge in [-0.3, -0.25) is 4.79 Å². The van der Waals surface area contributed by atoms with Crippen molar-refractivity contribution >= 4 is 17.7 Å². The largest absolute Gasteiger partial charge is 0.396 e. The van der Waals surface area contributed by atoms with Crippen LogP contribution in [0.25, 0.3) is 0 Å². The van der Waals surface area contributed by atoms with E-state index in [1.165, 1.54) is 89.9 Å². The third-order valence-corrected chi connectivity index (χ3v) is 6.50. The van der Waals surface area contributed by atoms with Crippen LogP contribution in [-0.2, 0) is 4.79 Å². The second kappa shape index (κ2) is 20.5. The molecule has 1 amide bonds. The lowest BCUT2D eigenvalue weighted by atomic mass is 10.0. The Morgan fingerprint density at radius 1 is 0.815 bits per heavy atom. The maximum atomic E-state index is 11.7. The fourth-order valence-electron chi connectivity index (χ4n) is 3.25. The first-order valence-corrected chi connectivity index (χ1v) is 12.7. The predicted molar refractivity (Wildman–Crippen MR) is 122 cm³/mol. The van der Waals surface area contributed by atoms with Crippen LogP contribution in [0.3, 0.4) is 0 Å². The SMILES string of the molecule is CCCCCCCCCCCCCCCCSCC(CO)CC(=O)N(C)C. The molecule has 0 fully saturated rings. The molecule has 0 heterocycles. The van der Waals surface area contributed by atoms with Crippen molar-refractivity contribution in [2.45, 2.75) is 103 Å². The second-order valence-corrected chi connectivity index (χ2v) is 9.36. The highest BCUT2D eigenvalue weighted by Crippen LogP contribution is 2.16. The van der Waals surface area contributed by atoms with Crippen LogP contribution in [0.5, 0.6) is 0 Å². The standard InChI is InChI=1S/C23H47NO2S/c1-4-5-6-7-8-9-10-11-12-13-14-15-16-17-18-27-21-22(20-25)19-23(26)24(2)3/h22,25H,4-21H2,1-3H3. The van der Waals surface area contributed by atoms with Gasteiger partial charge in [-0.1, -0.05) is 90.4 Å². The number of aliphatic hydroxyl groups excluding tert-OH is 1. The van der Waals surface area contributed by atoms with E-state index in [0.29, 0.717) is 6.42 Å². The first-order valence-electron chi connectivity index (χ1n) is 11.5. The van der Waals surface area contributed by atoms with Gasteiger partial charge in [0.15, 0.2) is 0 Å². The van der Waals surface area contributed by atoms with Crippen molar-refractivity contribution in [3.8, 4) is 0 Å². The average Bonchev–Trinajstić information content (AvgIpc) is 2.66. The fraction of sp³-hybridized carbons (Fsp3) is 0.957. The van der Waals surface area contributed by atoms with Crippen molar-refractivity contribution < 1.29 is 9.90 Å². The molecular formula is C23H47NO2S. The van der Waals surface area contributed by atoms with Crippen LogP contribution >= 0.6 is 11.8 Å². The summed E-state index contributed by atoms with van der Waals surface area (Å²) in [5.74, 6) is 2.28. The summed E-state index contributed by atoms with van der Waals surface area (Å²) >= 11 is 1.89. The normalized spacial score (nSPS) is 12.3. The van der Waals surface area contributed by atoms with Crippen molar-refractivity contribution in [1.82, 2.24) is 4.90 Å². The van der Waals surface area contributed by atoms with Crippen LogP contribution in [-0.4, -0.2) is 48.1 Å². The van der Waals surface area contributed by atoms with Gasteiger partial charge in [0.25, 0.3) is 0 Å². The van der Waals surface area contributed by atoms with Gasteiger partial charge in [0, 0.05) is 27.1 Å². The lowest BCUT2D eigenvalue weighted by molar-refractivity contribution is -0.129. The Morgan fingerprint density at radius 2 is 1.26 bits per heavy atom. The monoisotopic (exact) mass is 401 g/mol. The van der Waals surface area contributed by atoms with Crippen molar-refractivity contribution in [3.05, 3.63) is 0 Å². The van der Waals surface area contributed by atoms with E-state index in [9.17, 15) is 9.90 Å². The zero-order chi connectivity index (χ0) is 20.2. The summed E-state index contributed by atoms with van der Waals surface area (Å²) in [6.07, 6.45) is 20.0. The topological polar surface area (TPSA) is 40.5 Å². The Morgan fingerprint density at radius 3 is 1.67 bits per heavy atom. The number of hydrogen-bond acceptors (Lipinski definition) is 3. The van der Waals surface area contributed by atoms with Gasteiger partial charge < -0.3 is 10.0 Å². The minimum atomic E-state index is 0.108. The molecule has 0 saturated carbocycles. The Bertz CT molecular complexity index is 324. The Balaban J connectivity index is 3.27. The van der Waals surface area contributed by atoms with Crippen LogP contribution in [0, 0.1) is 5.92 Å². The molecule has 3 nitrogen and oxygen atoms in total. The Kier molecular flexibility index (Phi) is 20.3. The van der Waals surface area contributed by atoms with Gasteiger partial charge >= 0.3 is 0 Å². The first kappa shape index (κ1) is 26.8. The van der Waals surface area contributed by atoms with Crippen molar-refractivity contribution in [1.29, 1.82) is 0 Å². The predicted octanol–water partition coefficient (Wildman–Crippen LogP) is 6.29. The van der Waals surface area contributed by atoms with E-state index in [1.54, 1.807) is 19.0 Å². The van der Waals surface area contributed by atoms with Gasteiger partial charge in [0.1, 0.15) is 0 Å². The lowest BCUT2D eigenvalue weighted by Gasteiger charge is -2.16. The highest BCUT2D eigenvalue weighted by atomic mass is 32.2. The minimum absolute atomic E-state index is 0.108. The van der Waals surface area contributed by atoms with Crippen LogP contribution in [0.4, 0.5) is 0 Å². The third kappa shape index (κ3) is 18.9. The number of unbranched alkanes of at least 4 members (excludes halogenated alkanes) is 13. The molecule has 0 spiro atoms.